The largest absolute Gasteiger partial charge is 0.119 e. The highest BCUT2D eigenvalue weighted by molar-refractivity contribution is 6.23. The van der Waals surface area contributed by atoms with Gasteiger partial charge in [0.2, 0.25) is 0 Å². The molecule has 80 valence electrons. The van der Waals surface area contributed by atoms with Gasteiger partial charge in [-0.1, -0.05) is 47.5 Å². The zero-order valence-corrected chi connectivity index (χ0v) is 10.8. The summed E-state index contributed by atoms with van der Waals surface area (Å²) in [7, 11) is 0. The van der Waals surface area contributed by atoms with Gasteiger partial charge in [-0.25, -0.2) is 0 Å². The van der Waals surface area contributed by atoms with E-state index < -0.39 is 0 Å². The van der Waals surface area contributed by atoms with Crippen LogP contribution in [-0.2, 0) is 0 Å². The molecule has 0 saturated heterocycles. The van der Waals surface area contributed by atoms with Gasteiger partial charge in [-0.15, -0.1) is 11.6 Å². The zero-order valence-electron chi connectivity index (χ0n) is 10.1. The Morgan fingerprint density at radius 2 is 1.62 bits per heavy atom. The first-order chi connectivity index (χ1) is 5.78. The van der Waals surface area contributed by atoms with Crippen molar-refractivity contribution in [1.82, 2.24) is 0 Å². The van der Waals surface area contributed by atoms with Gasteiger partial charge in [0.05, 0.1) is 0 Å². The van der Waals surface area contributed by atoms with Crippen molar-refractivity contribution < 1.29 is 0 Å². The van der Waals surface area contributed by atoms with Gasteiger partial charge in [0.25, 0.3) is 0 Å². The number of halogens is 1. The maximum atomic E-state index is 6.55. The Hall–Kier alpha value is 0.290. The number of hydrogen-bond donors (Lipinski definition) is 0. The van der Waals surface area contributed by atoms with Crippen LogP contribution in [0.15, 0.2) is 0 Å². The molecule has 0 aliphatic carbocycles. The Morgan fingerprint density at radius 1 is 1.15 bits per heavy atom. The molecule has 0 rings (SSSR count). The summed E-state index contributed by atoms with van der Waals surface area (Å²) >= 11 is 6.55. The number of alkyl halides is 1. The van der Waals surface area contributed by atoms with E-state index in [1.165, 1.54) is 12.8 Å². The molecule has 0 aromatic carbocycles. The van der Waals surface area contributed by atoms with Crippen LogP contribution >= 0.6 is 11.6 Å². The first-order valence-corrected chi connectivity index (χ1v) is 5.84. The molecule has 13 heavy (non-hydrogen) atoms. The smallest absolute Gasteiger partial charge is 0.0449 e. The van der Waals surface area contributed by atoms with E-state index in [0.29, 0.717) is 11.3 Å². The quantitative estimate of drug-likeness (QED) is 0.562. The lowest BCUT2D eigenvalue weighted by Crippen LogP contribution is -2.37. The van der Waals surface area contributed by atoms with Gasteiger partial charge < -0.3 is 0 Å². The summed E-state index contributed by atoms with van der Waals surface area (Å²) in [4.78, 5) is -0.0335. The second-order valence-electron chi connectivity index (χ2n) is 5.09. The highest BCUT2D eigenvalue weighted by Gasteiger charge is 2.37. The van der Waals surface area contributed by atoms with Crippen LogP contribution in [0.5, 0.6) is 0 Å². The molecular weight excluding hydrogens is 180 g/mol. The molecule has 0 spiro atoms. The van der Waals surface area contributed by atoms with E-state index in [9.17, 15) is 0 Å². The number of hydrogen-bond acceptors (Lipinski definition) is 0. The van der Waals surface area contributed by atoms with Crippen molar-refractivity contribution in [2.24, 2.45) is 11.3 Å². The summed E-state index contributed by atoms with van der Waals surface area (Å²) < 4.78 is 0. The molecule has 2 unspecified atom stereocenters. The summed E-state index contributed by atoms with van der Waals surface area (Å²) in [6.07, 6.45) is 3.48. The van der Waals surface area contributed by atoms with E-state index in [2.05, 4.69) is 41.5 Å². The van der Waals surface area contributed by atoms with Crippen LogP contribution < -0.4 is 0 Å². The molecule has 0 amide bonds. The van der Waals surface area contributed by atoms with E-state index in [1.54, 1.807) is 0 Å². The van der Waals surface area contributed by atoms with Gasteiger partial charge in [-0.05, 0) is 24.7 Å². The van der Waals surface area contributed by atoms with Crippen LogP contribution in [-0.4, -0.2) is 4.87 Å². The van der Waals surface area contributed by atoms with Gasteiger partial charge in [0, 0.05) is 4.87 Å². The van der Waals surface area contributed by atoms with Gasteiger partial charge in [0.15, 0.2) is 0 Å². The Balaban J connectivity index is 4.47. The molecule has 0 fully saturated rings. The minimum absolute atomic E-state index is 0.0335. The second kappa shape index (κ2) is 4.68. The molecular formula is C12H25Cl. The van der Waals surface area contributed by atoms with Crippen molar-refractivity contribution in [3.63, 3.8) is 0 Å². The van der Waals surface area contributed by atoms with Crippen LogP contribution in [0.1, 0.15) is 60.8 Å². The SMILES string of the molecule is CCCC(C)(Cl)C(C)C(C)(C)CC. The Labute approximate surface area is 89.1 Å². The van der Waals surface area contributed by atoms with Crippen molar-refractivity contribution >= 4 is 11.6 Å². The molecule has 0 radical (unpaired) electrons. The predicted octanol–water partition coefficient (Wildman–Crippen LogP) is 4.86. The molecule has 0 aliphatic rings. The molecule has 0 N–H and O–H groups in total. The van der Waals surface area contributed by atoms with Crippen LogP contribution in [0.4, 0.5) is 0 Å². The summed E-state index contributed by atoms with van der Waals surface area (Å²) in [5.41, 5.74) is 0.353. The first-order valence-electron chi connectivity index (χ1n) is 5.47. The van der Waals surface area contributed by atoms with Gasteiger partial charge in [0.1, 0.15) is 0 Å². The predicted molar refractivity (Wildman–Crippen MR) is 62.4 cm³/mol. The molecule has 2 atom stereocenters. The average molecular weight is 205 g/mol. The molecule has 0 aliphatic heterocycles. The van der Waals surface area contributed by atoms with Crippen LogP contribution in [0.3, 0.4) is 0 Å². The fourth-order valence-electron chi connectivity index (χ4n) is 1.83. The van der Waals surface area contributed by atoms with Crippen LogP contribution in [0.25, 0.3) is 0 Å². The van der Waals surface area contributed by atoms with E-state index in [1.807, 2.05) is 0 Å². The first kappa shape index (κ1) is 13.3. The molecule has 0 saturated carbocycles. The van der Waals surface area contributed by atoms with Crippen molar-refractivity contribution in [3.8, 4) is 0 Å². The summed E-state index contributed by atoms with van der Waals surface area (Å²) in [6.45, 7) is 13.5. The zero-order chi connectivity index (χ0) is 10.7. The standard InChI is InChI=1S/C12H25Cl/c1-7-9-12(6,13)10(3)11(4,5)8-2/h10H,7-9H2,1-6H3. The summed E-state index contributed by atoms with van der Waals surface area (Å²) in [6, 6.07) is 0. The van der Waals surface area contributed by atoms with Crippen LogP contribution in [0, 0.1) is 11.3 Å². The molecule has 1 heteroatoms. The minimum Gasteiger partial charge on any atom is -0.119 e. The highest BCUT2D eigenvalue weighted by atomic mass is 35.5. The van der Waals surface area contributed by atoms with E-state index in [-0.39, 0.29) is 4.87 Å². The maximum absolute atomic E-state index is 6.55. The van der Waals surface area contributed by atoms with Crippen LogP contribution in [0.2, 0.25) is 0 Å². The minimum atomic E-state index is -0.0335. The third kappa shape index (κ3) is 3.50. The average Bonchev–Trinajstić information content (AvgIpc) is 2.03. The third-order valence-corrected chi connectivity index (χ3v) is 4.24. The summed E-state index contributed by atoms with van der Waals surface area (Å²) in [5.74, 6) is 0.562. The number of rotatable bonds is 5. The Morgan fingerprint density at radius 3 is 1.92 bits per heavy atom. The van der Waals surface area contributed by atoms with E-state index in [0.717, 1.165) is 6.42 Å². The monoisotopic (exact) mass is 204 g/mol. The van der Waals surface area contributed by atoms with Crippen molar-refractivity contribution in [3.05, 3.63) is 0 Å². The van der Waals surface area contributed by atoms with Crippen molar-refractivity contribution in [1.29, 1.82) is 0 Å². The third-order valence-electron chi connectivity index (χ3n) is 3.73. The van der Waals surface area contributed by atoms with Gasteiger partial charge in [-0.2, -0.15) is 0 Å². The molecule has 0 bridgehead atoms. The van der Waals surface area contributed by atoms with Gasteiger partial charge in [-0.3, -0.25) is 0 Å². The topological polar surface area (TPSA) is 0 Å². The molecule has 0 nitrogen and oxygen atoms in total. The second-order valence-corrected chi connectivity index (χ2v) is 5.96. The van der Waals surface area contributed by atoms with Gasteiger partial charge >= 0.3 is 0 Å². The summed E-state index contributed by atoms with van der Waals surface area (Å²) in [5, 5.41) is 0. The normalized spacial score (nSPS) is 19.6. The Bertz CT molecular complexity index is 147. The maximum Gasteiger partial charge on any atom is 0.0449 e. The lowest BCUT2D eigenvalue weighted by Gasteiger charge is -2.40. The lowest BCUT2D eigenvalue weighted by atomic mass is 9.70. The highest BCUT2D eigenvalue weighted by Crippen LogP contribution is 2.43. The fourth-order valence-corrected chi connectivity index (χ4v) is 2.31. The lowest BCUT2D eigenvalue weighted by molar-refractivity contribution is 0.168. The van der Waals surface area contributed by atoms with E-state index >= 15 is 0 Å². The molecule has 0 heterocycles. The molecule has 0 aromatic heterocycles. The van der Waals surface area contributed by atoms with Crippen molar-refractivity contribution in [2.75, 3.05) is 0 Å². The van der Waals surface area contributed by atoms with E-state index in [4.69, 9.17) is 11.6 Å². The molecule has 0 aromatic rings. The fraction of sp³-hybridized carbons (Fsp3) is 1.00. The van der Waals surface area contributed by atoms with Crippen molar-refractivity contribution in [2.45, 2.75) is 65.7 Å². The Kier molecular flexibility index (Phi) is 4.79.